The molecule has 0 aromatic heterocycles. The third kappa shape index (κ3) is 3.10. The molecule has 15 heavy (non-hydrogen) atoms. The van der Waals surface area contributed by atoms with E-state index in [1.165, 1.54) is 0 Å². The Bertz CT molecular complexity index is 376. The fourth-order valence-electron chi connectivity index (χ4n) is 1.17. The molecule has 1 aromatic rings. The van der Waals surface area contributed by atoms with Crippen LogP contribution in [0.25, 0.3) is 0 Å². The van der Waals surface area contributed by atoms with E-state index in [0.29, 0.717) is 17.7 Å². The number of hydrogen-bond donors (Lipinski definition) is 0. The lowest BCUT2D eigenvalue weighted by molar-refractivity contribution is -0.124. The first-order chi connectivity index (χ1) is 7.17. The van der Waals surface area contributed by atoms with Crippen LogP contribution in [0.3, 0.4) is 0 Å². The third-order valence-electron chi connectivity index (χ3n) is 2.10. The molecule has 0 aliphatic rings. The van der Waals surface area contributed by atoms with Gasteiger partial charge in [0.1, 0.15) is 5.75 Å². The standard InChI is InChI=1S/C12H13NO2/c1-3-12(14)9(2)15-11-6-4-10(8-13)5-7-11/h4-7,9H,3H2,1-2H3. The van der Waals surface area contributed by atoms with Crippen molar-refractivity contribution in [3.05, 3.63) is 29.8 Å². The number of hydrogen-bond acceptors (Lipinski definition) is 3. The first-order valence-electron chi connectivity index (χ1n) is 4.87. The zero-order valence-electron chi connectivity index (χ0n) is 8.86. The molecule has 0 saturated heterocycles. The van der Waals surface area contributed by atoms with E-state index < -0.39 is 6.10 Å². The average Bonchev–Trinajstić information content (AvgIpc) is 2.29. The van der Waals surface area contributed by atoms with E-state index >= 15 is 0 Å². The normalized spacial score (nSPS) is 11.5. The minimum absolute atomic E-state index is 0.0689. The molecule has 0 spiro atoms. The number of ketones is 1. The molecule has 0 saturated carbocycles. The minimum atomic E-state index is -0.428. The molecule has 1 aromatic carbocycles. The Labute approximate surface area is 89.3 Å². The zero-order valence-corrected chi connectivity index (χ0v) is 8.86. The van der Waals surface area contributed by atoms with Gasteiger partial charge in [0, 0.05) is 6.42 Å². The number of Topliss-reactive ketones (excluding diaryl/α,β-unsaturated/α-hetero) is 1. The summed E-state index contributed by atoms with van der Waals surface area (Å²) in [5.41, 5.74) is 0.580. The van der Waals surface area contributed by atoms with Gasteiger partial charge in [0.2, 0.25) is 0 Å². The van der Waals surface area contributed by atoms with E-state index in [9.17, 15) is 4.79 Å². The highest BCUT2D eigenvalue weighted by atomic mass is 16.5. The average molecular weight is 203 g/mol. The summed E-state index contributed by atoms with van der Waals surface area (Å²) in [6.07, 6.45) is 0.0419. The summed E-state index contributed by atoms with van der Waals surface area (Å²) >= 11 is 0. The van der Waals surface area contributed by atoms with Crippen LogP contribution in [0.15, 0.2) is 24.3 Å². The van der Waals surface area contributed by atoms with Crippen LogP contribution in [0.5, 0.6) is 5.75 Å². The number of carbonyl (C=O) groups excluding carboxylic acids is 1. The van der Waals surface area contributed by atoms with Crippen molar-refractivity contribution in [2.75, 3.05) is 0 Å². The van der Waals surface area contributed by atoms with Crippen LogP contribution in [0.2, 0.25) is 0 Å². The fraction of sp³-hybridized carbons (Fsp3) is 0.333. The van der Waals surface area contributed by atoms with Gasteiger partial charge in [-0.05, 0) is 31.2 Å². The van der Waals surface area contributed by atoms with Gasteiger partial charge in [-0.25, -0.2) is 0 Å². The first-order valence-corrected chi connectivity index (χ1v) is 4.87. The lowest BCUT2D eigenvalue weighted by atomic mass is 10.2. The number of nitriles is 1. The second-order valence-electron chi connectivity index (χ2n) is 3.22. The van der Waals surface area contributed by atoms with E-state index in [1.807, 2.05) is 6.07 Å². The maximum atomic E-state index is 11.3. The Morgan fingerprint density at radius 2 is 2.07 bits per heavy atom. The van der Waals surface area contributed by atoms with Gasteiger partial charge in [0.15, 0.2) is 11.9 Å². The Morgan fingerprint density at radius 3 is 2.53 bits per heavy atom. The Kier molecular flexibility index (Phi) is 3.87. The Balaban J connectivity index is 2.66. The lowest BCUT2D eigenvalue weighted by Gasteiger charge is -2.12. The summed E-state index contributed by atoms with van der Waals surface area (Å²) in [4.78, 5) is 11.3. The maximum absolute atomic E-state index is 11.3. The fourth-order valence-corrected chi connectivity index (χ4v) is 1.17. The second kappa shape index (κ2) is 5.16. The Hall–Kier alpha value is -1.82. The monoisotopic (exact) mass is 203 g/mol. The molecule has 3 nitrogen and oxygen atoms in total. The van der Waals surface area contributed by atoms with Crippen LogP contribution in [-0.4, -0.2) is 11.9 Å². The predicted molar refractivity (Wildman–Crippen MR) is 56.5 cm³/mol. The molecule has 0 N–H and O–H groups in total. The smallest absolute Gasteiger partial charge is 0.172 e. The molecule has 3 heteroatoms. The summed E-state index contributed by atoms with van der Waals surface area (Å²) in [7, 11) is 0. The summed E-state index contributed by atoms with van der Waals surface area (Å²) in [5, 5.41) is 8.59. The summed E-state index contributed by atoms with van der Waals surface area (Å²) in [6, 6.07) is 8.73. The van der Waals surface area contributed by atoms with Crippen molar-refractivity contribution in [1.29, 1.82) is 5.26 Å². The molecule has 0 bridgehead atoms. The largest absolute Gasteiger partial charge is 0.483 e. The quantitative estimate of drug-likeness (QED) is 0.754. The van der Waals surface area contributed by atoms with Crippen molar-refractivity contribution in [3.63, 3.8) is 0 Å². The lowest BCUT2D eigenvalue weighted by Crippen LogP contribution is -2.22. The molecule has 0 heterocycles. The highest BCUT2D eigenvalue weighted by Crippen LogP contribution is 2.13. The molecule has 0 aliphatic carbocycles. The number of rotatable bonds is 4. The van der Waals surface area contributed by atoms with E-state index in [-0.39, 0.29) is 5.78 Å². The predicted octanol–water partition coefficient (Wildman–Crippen LogP) is 2.30. The Morgan fingerprint density at radius 1 is 1.47 bits per heavy atom. The van der Waals surface area contributed by atoms with Crippen LogP contribution in [0.4, 0.5) is 0 Å². The zero-order chi connectivity index (χ0) is 11.3. The molecular weight excluding hydrogens is 190 g/mol. The van der Waals surface area contributed by atoms with Crippen LogP contribution >= 0.6 is 0 Å². The second-order valence-corrected chi connectivity index (χ2v) is 3.22. The molecule has 0 amide bonds. The van der Waals surface area contributed by atoms with Gasteiger partial charge in [-0.3, -0.25) is 4.79 Å². The van der Waals surface area contributed by atoms with Crippen LogP contribution in [0, 0.1) is 11.3 Å². The van der Waals surface area contributed by atoms with Crippen molar-refractivity contribution in [1.82, 2.24) is 0 Å². The van der Waals surface area contributed by atoms with Gasteiger partial charge < -0.3 is 4.74 Å². The SMILES string of the molecule is CCC(=O)C(C)Oc1ccc(C#N)cc1. The van der Waals surface area contributed by atoms with Gasteiger partial charge in [0.25, 0.3) is 0 Å². The summed E-state index contributed by atoms with van der Waals surface area (Å²) in [6.45, 7) is 3.53. The van der Waals surface area contributed by atoms with Gasteiger partial charge >= 0.3 is 0 Å². The summed E-state index contributed by atoms with van der Waals surface area (Å²) in [5.74, 6) is 0.683. The number of benzene rings is 1. The molecule has 1 unspecified atom stereocenters. The van der Waals surface area contributed by atoms with Crippen molar-refractivity contribution < 1.29 is 9.53 Å². The van der Waals surface area contributed by atoms with Crippen molar-refractivity contribution in [3.8, 4) is 11.8 Å². The van der Waals surface area contributed by atoms with Crippen molar-refractivity contribution in [2.24, 2.45) is 0 Å². The molecule has 0 radical (unpaired) electrons. The maximum Gasteiger partial charge on any atom is 0.172 e. The molecule has 1 atom stereocenters. The summed E-state index contributed by atoms with van der Waals surface area (Å²) < 4.78 is 5.41. The third-order valence-corrected chi connectivity index (χ3v) is 2.10. The van der Waals surface area contributed by atoms with E-state index in [0.717, 1.165) is 0 Å². The topological polar surface area (TPSA) is 50.1 Å². The number of ether oxygens (including phenoxy) is 1. The molecule has 0 fully saturated rings. The van der Waals surface area contributed by atoms with Crippen LogP contribution < -0.4 is 4.74 Å². The van der Waals surface area contributed by atoms with Crippen molar-refractivity contribution >= 4 is 5.78 Å². The number of carbonyl (C=O) groups is 1. The first kappa shape index (κ1) is 11.3. The molecular formula is C12H13NO2. The van der Waals surface area contributed by atoms with E-state index in [4.69, 9.17) is 10.00 Å². The van der Waals surface area contributed by atoms with Gasteiger partial charge in [-0.2, -0.15) is 5.26 Å². The number of nitrogens with zero attached hydrogens (tertiary/aromatic N) is 1. The van der Waals surface area contributed by atoms with Crippen LogP contribution in [0.1, 0.15) is 25.8 Å². The van der Waals surface area contributed by atoms with Gasteiger partial charge in [-0.15, -0.1) is 0 Å². The van der Waals surface area contributed by atoms with Gasteiger partial charge in [0.05, 0.1) is 11.6 Å². The molecule has 0 aliphatic heterocycles. The van der Waals surface area contributed by atoms with E-state index in [1.54, 1.807) is 38.1 Å². The van der Waals surface area contributed by atoms with Crippen LogP contribution in [-0.2, 0) is 4.79 Å². The van der Waals surface area contributed by atoms with Crippen molar-refractivity contribution in [2.45, 2.75) is 26.4 Å². The van der Waals surface area contributed by atoms with E-state index in [2.05, 4.69) is 0 Å². The minimum Gasteiger partial charge on any atom is -0.483 e. The molecule has 1 rings (SSSR count). The highest BCUT2D eigenvalue weighted by molar-refractivity contribution is 5.82. The van der Waals surface area contributed by atoms with Gasteiger partial charge in [-0.1, -0.05) is 6.92 Å². The highest BCUT2D eigenvalue weighted by Gasteiger charge is 2.11. The molecule has 78 valence electrons.